The zero-order chi connectivity index (χ0) is 17.4. The molecule has 0 aromatic rings. The number of hydrogen-bond donors (Lipinski definition) is 0. The second-order valence-corrected chi connectivity index (χ2v) is 9.07. The minimum absolute atomic E-state index is 0.0430. The largest absolute Gasteiger partial charge is 0.497 e. The van der Waals surface area contributed by atoms with E-state index >= 15 is 0 Å². The molecule has 0 radical (unpaired) electrons. The van der Waals surface area contributed by atoms with E-state index in [9.17, 15) is 43.2 Å². The lowest BCUT2D eigenvalue weighted by Crippen LogP contribution is -2.34. The Bertz CT molecular complexity index is 595. The van der Waals surface area contributed by atoms with Crippen molar-refractivity contribution >= 4 is 19.7 Å². The van der Waals surface area contributed by atoms with Gasteiger partial charge in [-0.1, -0.05) is 0 Å². The van der Waals surface area contributed by atoms with Gasteiger partial charge in [-0.25, -0.2) is 16.8 Å². The van der Waals surface area contributed by atoms with Crippen molar-refractivity contribution in [2.24, 2.45) is 5.92 Å². The highest BCUT2D eigenvalue weighted by molar-refractivity contribution is 7.92. The molecule has 0 aliphatic carbocycles. The highest BCUT2D eigenvalue weighted by Gasteiger charge is 2.48. The van der Waals surface area contributed by atoms with Gasteiger partial charge < -0.3 is 4.90 Å². The summed E-state index contributed by atoms with van der Waals surface area (Å²) in [6.07, 6.45) is 0.0430. The van der Waals surface area contributed by atoms with E-state index in [1.54, 1.807) is 0 Å². The van der Waals surface area contributed by atoms with Crippen molar-refractivity contribution in [3.8, 4) is 0 Å². The third kappa shape index (κ3) is 4.72. The summed E-state index contributed by atoms with van der Waals surface area (Å²) in [4.78, 5) is 1.21. The number of rotatable bonds is 5. The van der Waals surface area contributed by atoms with Crippen LogP contribution in [0.2, 0.25) is 0 Å². The van der Waals surface area contributed by atoms with Gasteiger partial charge in [0.2, 0.25) is 19.7 Å². The first kappa shape index (κ1) is 19.5. The summed E-state index contributed by atoms with van der Waals surface area (Å²) in [5.41, 5.74) is -10.8. The zero-order valence-corrected chi connectivity index (χ0v) is 12.6. The maximum absolute atomic E-state index is 12.2. The Labute approximate surface area is 123 Å². The quantitative estimate of drug-likeness (QED) is 0.673. The van der Waals surface area contributed by atoms with Crippen molar-refractivity contribution in [2.75, 3.05) is 31.1 Å². The van der Waals surface area contributed by atoms with Crippen molar-refractivity contribution in [1.82, 2.24) is 4.90 Å². The number of likely N-dealkylation sites (tertiary alicyclic amines) is 1. The average Bonchev–Trinajstić information content (AvgIpc) is 2.70. The number of hydrogen-bond acceptors (Lipinski definition) is 5. The van der Waals surface area contributed by atoms with Gasteiger partial charge in [0, 0.05) is 13.1 Å². The van der Waals surface area contributed by atoms with Gasteiger partial charge in [-0.15, -0.1) is 0 Å². The molecule has 0 aromatic heterocycles. The van der Waals surface area contributed by atoms with Crippen molar-refractivity contribution in [3.63, 3.8) is 0 Å². The lowest BCUT2D eigenvalue weighted by molar-refractivity contribution is -0.0444. The topological polar surface area (TPSA) is 71.5 Å². The van der Waals surface area contributed by atoms with Crippen molar-refractivity contribution in [1.29, 1.82) is 0 Å². The molecule has 0 N–H and O–H groups in total. The number of sulfone groups is 2. The molecule has 1 saturated heterocycles. The van der Waals surface area contributed by atoms with Crippen LogP contribution in [0.4, 0.5) is 26.3 Å². The fraction of sp³-hybridized carbons (Fsp3) is 1.00. The Hall–Kier alpha value is -0.560. The second kappa shape index (κ2) is 6.15. The molecule has 0 saturated carbocycles. The first-order chi connectivity index (χ1) is 9.66. The van der Waals surface area contributed by atoms with E-state index in [1.807, 2.05) is 0 Å². The van der Waals surface area contributed by atoms with E-state index < -0.39 is 54.7 Å². The molecule has 1 heterocycles. The maximum atomic E-state index is 12.2. The van der Waals surface area contributed by atoms with E-state index in [-0.39, 0.29) is 19.5 Å². The standard InChI is InChI=1S/C9H13F6NO4S2/c10-8(11,12)21(17,18)4-3-16-2-1-7(5-16)6-22(19,20)9(13,14)15/h7H,1-6H2. The highest BCUT2D eigenvalue weighted by atomic mass is 32.2. The first-order valence-electron chi connectivity index (χ1n) is 5.96. The summed E-state index contributed by atoms with van der Waals surface area (Å²) < 4.78 is 117. The Kier molecular flexibility index (Phi) is 5.45. The molecule has 0 aromatic carbocycles. The summed E-state index contributed by atoms with van der Waals surface area (Å²) in [7, 11) is -10.6. The SMILES string of the molecule is O=S(=O)(CCN1CCC(CS(=O)(=O)C(F)(F)F)C1)C(F)(F)F. The third-order valence-corrected chi connectivity index (χ3v) is 6.25. The lowest BCUT2D eigenvalue weighted by Gasteiger charge is -2.17. The van der Waals surface area contributed by atoms with Gasteiger partial charge in [0.1, 0.15) is 0 Å². The van der Waals surface area contributed by atoms with Gasteiger partial charge in [-0.05, 0) is 18.9 Å². The predicted molar refractivity (Wildman–Crippen MR) is 64.2 cm³/mol. The molecule has 0 amide bonds. The minimum atomic E-state index is -5.38. The van der Waals surface area contributed by atoms with Crippen LogP contribution in [0.25, 0.3) is 0 Å². The minimum Gasteiger partial charge on any atom is -0.302 e. The molecule has 1 unspecified atom stereocenters. The van der Waals surface area contributed by atoms with E-state index in [0.717, 1.165) is 0 Å². The normalized spacial score (nSPS) is 22.2. The molecule has 0 spiro atoms. The molecule has 1 rings (SSSR count). The Balaban J connectivity index is 2.55. The summed E-state index contributed by atoms with van der Waals surface area (Å²) in [5, 5.41) is 0. The molecule has 13 heteroatoms. The van der Waals surface area contributed by atoms with Gasteiger partial charge in [-0.2, -0.15) is 26.3 Å². The van der Waals surface area contributed by atoms with E-state index in [1.165, 1.54) is 4.90 Å². The second-order valence-electron chi connectivity index (χ2n) is 4.95. The van der Waals surface area contributed by atoms with Gasteiger partial charge >= 0.3 is 11.0 Å². The Morgan fingerprint density at radius 2 is 1.41 bits per heavy atom. The molecule has 1 fully saturated rings. The van der Waals surface area contributed by atoms with Gasteiger partial charge in [0.15, 0.2) is 0 Å². The molecule has 132 valence electrons. The van der Waals surface area contributed by atoms with E-state index in [2.05, 4.69) is 0 Å². The van der Waals surface area contributed by atoms with Crippen LogP contribution in [0.1, 0.15) is 6.42 Å². The summed E-state index contributed by atoms with van der Waals surface area (Å²) in [5.74, 6) is -3.26. The summed E-state index contributed by atoms with van der Waals surface area (Å²) in [6, 6.07) is 0. The predicted octanol–water partition coefficient (Wildman–Crippen LogP) is 1.18. The fourth-order valence-electron chi connectivity index (χ4n) is 2.02. The molecular formula is C9H13F6NO4S2. The van der Waals surface area contributed by atoms with Crippen molar-refractivity contribution < 1.29 is 43.2 Å². The van der Waals surface area contributed by atoms with Crippen LogP contribution < -0.4 is 0 Å². The van der Waals surface area contributed by atoms with Gasteiger partial charge in [-0.3, -0.25) is 0 Å². The van der Waals surface area contributed by atoms with Crippen molar-refractivity contribution in [3.05, 3.63) is 0 Å². The third-order valence-electron chi connectivity index (χ3n) is 3.21. The van der Waals surface area contributed by atoms with Gasteiger partial charge in [0.05, 0.1) is 11.5 Å². The Morgan fingerprint density at radius 3 is 1.86 bits per heavy atom. The molecule has 0 bridgehead atoms. The van der Waals surface area contributed by atoms with E-state index in [0.29, 0.717) is 0 Å². The van der Waals surface area contributed by atoms with Crippen LogP contribution in [-0.2, 0) is 19.7 Å². The molecule has 1 aliphatic heterocycles. The highest BCUT2D eigenvalue weighted by Crippen LogP contribution is 2.29. The molecular weight excluding hydrogens is 364 g/mol. The van der Waals surface area contributed by atoms with E-state index in [4.69, 9.17) is 0 Å². The fourth-order valence-corrected chi connectivity index (χ4v) is 3.83. The molecule has 22 heavy (non-hydrogen) atoms. The average molecular weight is 377 g/mol. The first-order valence-corrected chi connectivity index (χ1v) is 9.26. The van der Waals surface area contributed by atoms with Crippen molar-refractivity contribution in [2.45, 2.75) is 17.4 Å². The molecule has 1 aliphatic rings. The number of nitrogens with zero attached hydrogens (tertiary/aromatic N) is 1. The zero-order valence-electron chi connectivity index (χ0n) is 11.0. The molecule has 1 atom stereocenters. The summed E-state index contributed by atoms with van der Waals surface area (Å²) >= 11 is 0. The van der Waals surface area contributed by atoms with Crippen LogP contribution in [0.15, 0.2) is 0 Å². The molecule has 5 nitrogen and oxygen atoms in total. The lowest BCUT2D eigenvalue weighted by atomic mass is 10.2. The van der Waals surface area contributed by atoms with Crippen LogP contribution in [-0.4, -0.2) is 63.9 Å². The van der Waals surface area contributed by atoms with Crippen LogP contribution in [0, 0.1) is 5.92 Å². The van der Waals surface area contributed by atoms with Crippen LogP contribution in [0.3, 0.4) is 0 Å². The maximum Gasteiger partial charge on any atom is 0.497 e. The van der Waals surface area contributed by atoms with Crippen LogP contribution >= 0.6 is 0 Å². The monoisotopic (exact) mass is 377 g/mol. The summed E-state index contributed by atoms with van der Waals surface area (Å²) in [6.45, 7) is -0.654. The number of alkyl halides is 6. The van der Waals surface area contributed by atoms with Crippen LogP contribution in [0.5, 0.6) is 0 Å². The number of halogens is 6. The Morgan fingerprint density at radius 1 is 0.909 bits per heavy atom. The smallest absolute Gasteiger partial charge is 0.302 e. The van der Waals surface area contributed by atoms with Gasteiger partial charge in [0.25, 0.3) is 0 Å².